The van der Waals surface area contributed by atoms with Gasteiger partial charge in [-0.3, -0.25) is 9.59 Å². The number of hydrogen-bond acceptors (Lipinski definition) is 5. The van der Waals surface area contributed by atoms with E-state index in [4.69, 9.17) is 9.84 Å². The number of benzene rings is 1. The van der Waals surface area contributed by atoms with Crippen LogP contribution in [0, 0.1) is 6.92 Å². The topological polar surface area (TPSA) is 121 Å². The number of amides is 3. The molecule has 0 unspecified atom stereocenters. The van der Waals surface area contributed by atoms with Crippen molar-refractivity contribution in [3.8, 4) is 5.75 Å². The molecule has 1 aromatic carbocycles. The van der Waals surface area contributed by atoms with E-state index in [1.54, 1.807) is 24.3 Å². The third-order valence-electron chi connectivity index (χ3n) is 5.74. The SMILES string of the molecule is Cc1ccc([C@H](Oc2ccc(C(=O)N[C@H]3CCCN(C(=O)O)C3)nc2)[C@H](C)NC(=O)C(F)(F)F)cc1. The summed E-state index contributed by atoms with van der Waals surface area (Å²) in [6, 6.07) is 8.38. The lowest BCUT2D eigenvalue weighted by atomic mass is 10.0. The van der Waals surface area contributed by atoms with Crippen LogP contribution in [0.2, 0.25) is 0 Å². The molecule has 1 aliphatic rings. The molecule has 0 spiro atoms. The van der Waals surface area contributed by atoms with Crippen LogP contribution in [0.3, 0.4) is 0 Å². The quantitative estimate of drug-likeness (QED) is 0.527. The summed E-state index contributed by atoms with van der Waals surface area (Å²) in [7, 11) is 0. The van der Waals surface area contributed by atoms with Crippen molar-refractivity contribution >= 4 is 17.9 Å². The molecule has 1 saturated heterocycles. The van der Waals surface area contributed by atoms with Crippen molar-refractivity contribution in [1.82, 2.24) is 20.5 Å². The maximum absolute atomic E-state index is 12.8. The number of likely N-dealkylation sites (tertiary alicyclic amines) is 1. The highest BCUT2D eigenvalue weighted by molar-refractivity contribution is 5.92. The van der Waals surface area contributed by atoms with Gasteiger partial charge in [-0.05, 0) is 44.4 Å². The standard InChI is InChI=1S/C24H27F3N4O5/c1-14-5-7-16(8-6-14)20(15(2)29-22(33)24(25,26)27)36-18-9-10-19(28-12-18)21(32)30-17-4-3-11-31(13-17)23(34)35/h5-10,12,15,17,20H,3-4,11,13H2,1-2H3,(H,29,33)(H,30,32)(H,34,35)/t15-,17-,20+/m0/s1. The van der Waals surface area contributed by atoms with Gasteiger partial charge in [0, 0.05) is 19.1 Å². The molecule has 0 saturated carbocycles. The van der Waals surface area contributed by atoms with Crippen molar-refractivity contribution in [2.24, 2.45) is 0 Å². The van der Waals surface area contributed by atoms with Gasteiger partial charge in [-0.15, -0.1) is 0 Å². The molecule has 2 aromatic rings. The van der Waals surface area contributed by atoms with E-state index in [0.717, 1.165) is 5.56 Å². The van der Waals surface area contributed by atoms with Gasteiger partial charge in [-0.1, -0.05) is 29.8 Å². The van der Waals surface area contributed by atoms with E-state index in [2.05, 4.69) is 10.3 Å². The minimum Gasteiger partial charge on any atom is -0.482 e. The van der Waals surface area contributed by atoms with Gasteiger partial charge >= 0.3 is 18.2 Å². The normalized spacial score (nSPS) is 17.6. The number of pyridine rings is 1. The first-order chi connectivity index (χ1) is 16.9. The van der Waals surface area contributed by atoms with E-state index < -0.39 is 36.2 Å². The molecule has 12 heteroatoms. The lowest BCUT2D eigenvalue weighted by Crippen LogP contribution is -2.49. The smallest absolute Gasteiger partial charge is 0.471 e. The van der Waals surface area contributed by atoms with Crippen LogP contribution >= 0.6 is 0 Å². The van der Waals surface area contributed by atoms with Crippen LogP contribution in [0.25, 0.3) is 0 Å². The molecular formula is C24H27F3N4O5. The lowest BCUT2D eigenvalue weighted by Gasteiger charge is -2.31. The van der Waals surface area contributed by atoms with E-state index in [-0.39, 0.29) is 24.0 Å². The molecule has 1 aromatic heterocycles. The van der Waals surface area contributed by atoms with E-state index in [1.807, 2.05) is 12.2 Å². The molecule has 0 radical (unpaired) electrons. The molecule has 0 aliphatic carbocycles. The highest BCUT2D eigenvalue weighted by atomic mass is 19.4. The summed E-state index contributed by atoms with van der Waals surface area (Å²) < 4.78 is 44.2. The Hall–Kier alpha value is -3.83. The molecular weight excluding hydrogens is 481 g/mol. The van der Waals surface area contributed by atoms with E-state index in [0.29, 0.717) is 24.9 Å². The third-order valence-corrected chi connectivity index (χ3v) is 5.74. The van der Waals surface area contributed by atoms with Gasteiger partial charge in [0.2, 0.25) is 0 Å². The van der Waals surface area contributed by atoms with Crippen molar-refractivity contribution < 1.29 is 37.4 Å². The van der Waals surface area contributed by atoms with Crippen LogP contribution in [0.1, 0.15) is 47.5 Å². The van der Waals surface area contributed by atoms with Crippen LogP contribution in [0.15, 0.2) is 42.6 Å². The number of piperidine rings is 1. The Morgan fingerprint density at radius 2 is 1.86 bits per heavy atom. The van der Waals surface area contributed by atoms with Gasteiger partial charge in [0.25, 0.3) is 5.91 Å². The molecule has 0 bridgehead atoms. The van der Waals surface area contributed by atoms with E-state index >= 15 is 0 Å². The Labute approximate surface area is 205 Å². The lowest BCUT2D eigenvalue weighted by molar-refractivity contribution is -0.174. The van der Waals surface area contributed by atoms with Crippen molar-refractivity contribution in [1.29, 1.82) is 0 Å². The fourth-order valence-corrected chi connectivity index (χ4v) is 3.84. The first-order valence-corrected chi connectivity index (χ1v) is 11.3. The number of aromatic nitrogens is 1. The minimum absolute atomic E-state index is 0.0695. The van der Waals surface area contributed by atoms with Gasteiger partial charge in [0.05, 0.1) is 12.2 Å². The van der Waals surface area contributed by atoms with E-state index in [9.17, 15) is 27.6 Å². The molecule has 9 nitrogen and oxygen atoms in total. The molecule has 36 heavy (non-hydrogen) atoms. The van der Waals surface area contributed by atoms with Crippen LogP contribution in [-0.2, 0) is 4.79 Å². The number of hydrogen-bond donors (Lipinski definition) is 3. The molecule has 3 N–H and O–H groups in total. The second kappa shape index (κ2) is 11.3. The summed E-state index contributed by atoms with van der Waals surface area (Å²) in [6.07, 6.45) is -4.53. The monoisotopic (exact) mass is 508 g/mol. The highest BCUT2D eigenvalue weighted by Gasteiger charge is 2.40. The third kappa shape index (κ3) is 7.09. The van der Waals surface area contributed by atoms with Crippen molar-refractivity contribution in [3.63, 3.8) is 0 Å². The molecule has 3 atom stereocenters. The zero-order chi connectivity index (χ0) is 26.5. The van der Waals surface area contributed by atoms with Gasteiger partial charge in [0.15, 0.2) is 0 Å². The number of nitrogens with one attached hydrogen (secondary N) is 2. The Kier molecular flexibility index (Phi) is 8.38. The predicted octanol–water partition coefficient (Wildman–Crippen LogP) is 3.45. The molecule has 3 amide bonds. The van der Waals surface area contributed by atoms with Crippen LogP contribution in [0.5, 0.6) is 5.75 Å². The summed E-state index contributed by atoms with van der Waals surface area (Å²) in [5.41, 5.74) is 1.55. The summed E-state index contributed by atoms with van der Waals surface area (Å²) in [6.45, 7) is 3.85. The zero-order valence-electron chi connectivity index (χ0n) is 19.7. The summed E-state index contributed by atoms with van der Waals surface area (Å²) in [5.74, 6) is -2.38. The number of rotatable bonds is 7. The number of nitrogens with zero attached hydrogens (tertiary/aromatic N) is 2. The average Bonchev–Trinajstić information content (AvgIpc) is 2.83. The first kappa shape index (κ1) is 26.8. The number of carbonyl (C=O) groups is 3. The number of aryl methyl sites for hydroxylation is 1. The van der Waals surface area contributed by atoms with Crippen molar-refractivity contribution in [2.75, 3.05) is 13.1 Å². The summed E-state index contributed by atoms with van der Waals surface area (Å²) >= 11 is 0. The number of carboxylic acid groups (broad SMARTS) is 1. The molecule has 1 fully saturated rings. The van der Waals surface area contributed by atoms with Crippen molar-refractivity contribution in [3.05, 3.63) is 59.4 Å². The second-order valence-electron chi connectivity index (χ2n) is 8.63. The average molecular weight is 508 g/mol. The molecule has 194 valence electrons. The number of carbonyl (C=O) groups excluding carboxylic acids is 2. The fraction of sp³-hybridized carbons (Fsp3) is 0.417. The van der Waals surface area contributed by atoms with Gasteiger partial charge in [-0.25, -0.2) is 9.78 Å². The Morgan fingerprint density at radius 1 is 1.17 bits per heavy atom. The Bertz CT molecular complexity index is 1080. The van der Waals surface area contributed by atoms with Crippen LogP contribution < -0.4 is 15.4 Å². The largest absolute Gasteiger partial charge is 0.482 e. The summed E-state index contributed by atoms with van der Waals surface area (Å²) in [4.78, 5) is 40.5. The van der Waals surface area contributed by atoms with Crippen LogP contribution in [0.4, 0.5) is 18.0 Å². The first-order valence-electron chi connectivity index (χ1n) is 11.3. The fourth-order valence-electron chi connectivity index (χ4n) is 3.84. The summed E-state index contributed by atoms with van der Waals surface area (Å²) in [5, 5.41) is 13.8. The van der Waals surface area contributed by atoms with Crippen molar-refractivity contribution in [2.45, 2.75) is 51.1 Å². The minimum atomic E-state index is -5.04. The zero-order valence-corrected chi connectivity index (χ0v) is 19.7. The maximum atomic E-state index is 12.8. The highest BCUT2D eigenvalue weighted by Crippen LogP contribution is 2.26. The van der Waals surface area contributed by atoms with Gasteiger partial charge in [-0.2, -0.15) is 13.2 Å². The molecule has 3 rings (SSSR count). The molecule has 2 heterocycles. The number of ether oxygens (including phenoxy) is 1. The van der Waals surface area contributed by atoms with E-state index in [1.165, 1.54) is 30.2 Å². The predicted molar refractivity (Wildman–Crippen MR) is 123 cm³/mol. The Morgan fingerprint density at radius 3 is 2.44 bits per heavy atom. The Balaban J connectivity index is 1.70. The van der Waals surface area contributed by atoms with Gasteiger partial charge < -0.3 is 25.4 Å². The van der Waals surface area contributed by atoms with Crippen LogP contribution in [-0.4, -0.2) is 64.2 Å². The van der Waals surface area contributed by atoms with Gasteiger partial charge in [0.1, 0.15) is 17.5 Å². The number of halogens is 3. The second-order valence-corrected chi connectivity index (χ2v) is 8.63. The number of alkyl halides is 3. The maximum Gasteiger partial charge on any atom is 0.471 e. The molecule has 1 aliphatic heterocycles.